The molecule has 1 atom stereocenters. The first-order chi connectivity index (χ1) is 6.16. The Morgan fingerprint density at radius 1 is 1.38 bits per heavy atom. The fourth-order valence-electron chi connectivity index (χ4n) is 1.21. The van der Waals surface area contributed by atoms with E-state index in [0.29, 0.717) is 0 Å². The van der Waals surface area contributed by atoms with Gasteiger partial charge in [-0.1, -0.05) is 13.0 Å². The highest BCUT2D eigenvalue weighted by atomic mass is 19.1. The molecule has 0 heterocycles. The topological polar surface area (TPSA) is 35.2 Å². The Labute approximate surface area is 75.3 Å². The Morgan fingerprint density at radius 2 is 1.92 bits per heavy atom. The highest BCUT2D eigenvalue weighted by Gasteiger charge is 2.15. The summed E-state index contributed by atoms with van der Waals surface area (Å²) in [6.07, 6.45) is 0. The molecule has 0 amide bonds. The van der Waals surface area contributed by atoms with Gasteiger partial charge in [0.05, 0.1) is 6.61 Å². The number of halogens is 2. The molecule has 0 aliphatic rings. The van der Waals surface area contributed by atoms with Crippen molar-refractivity contribution in [2.24, 2.45) is 5.90 Å². The third-order valence-corrected chi connectivity index (χ3v) is 1.84. The number of benzene rings is 1. The molecule has 1 rings (SSSR count). The summed E-state index contributed by atoms with van der Waals surface area (Å²) in [5, 5.41) is 0. The van der Waals surface area contributed by atoms with Gasteiger partial charge in [0.1, 0.15) is 11.6 Å². The maximum atomic E-state index is 13.1. The zero-order valence-corrected chi connectivity index (χ0v) is 7.26. The largest absolute Gasteiger partial charge is 0.304 e. The molecule has 0 fully saturated rings. The van der Waals surface area contributed by atoms with E-state index in [-0.39, 0.29) is 18.1 Å². The SMILES string of the molecule is CC(CON)c1c(F)cccc1F. The molecule has 0 spiro atoms. The third-order valence-electron chi connectivity index (χ3n) is 1.84. The van der Waals surface area contributed by atoms with Crippen LogP contribution in [0.2, 0.25) is 0 Å². The van der Waals surface area contributed by atoms with E-state index in [1.807, 2.05) is 0 Å². The van der Waals surface area contributed by atoms with Gasteiger partial charge in [-0.15, -0.1) is 0 Å². The molecule has 0 aromatic heterocycles. The van der Waals surface area contributed by atoms with Crippen LogP contribution in [0.4, 0.5) is 8.78 Å². The van der Waals surface area contributed by atoms with Crippen molar-refractivity contribution in [1.82, 2.24) is 0 Å². The predicted octanol–water partition coefficient (Wildman–Crippen LogP) is 1.96. The van der Waals surface area contributed by atoms with E-state index in [0.717, 1.165) is 0 Å². The average molecular weight is 187 g/mol. The smallest absolute Gasteiger partial charge is 0.129 e. The fraction of sp³-hybridized carbons (Fsp3) is 0.333. The predicted molar refractivity (Wildman–Crippen MR) is 44.9 cm³/mol. The lowest BCUT2D eigenvalue weighted by Crippen LogP contribution is -2.11. The quantitative estimate of drug-likeness (QED) is 0.734. The average Bonchev–Trinajstić information content (AvgIpc) is 2.04. The van der Waals surface area contributed by atoms with E-state index in [1.54, 1.807) is 6.92 Å². The summed E-state index contributed by atoms with van der Waals surface area (Å²) in [6, 6.07) is 3.75. The summed E-state index contributed by atoms with van der Waals surface area (Å²) < 4.78 is 26.2. The van der Waals surface area contributed by atoms with Crippen molar-refractivity contribution in [3.8, 4) is 0 Å². The van der Waals surface area contributed by atoms with Crippen molar-refractivity contribution in [2.45, 2.75) is 12.8 Å². The minimum atomic E-state index is -0.565. The molecule has 0 bridgehead atoms. The monoisotopic (exact) mass is 187 g/mol. The van der Waals surface area contributed by atoms with Crippen molar-refractivity contribution in [2.75, 3.05) is 6.61 Å². The van der Waals surface area contributed by atoms with Crippen LogP contribution >= 0.6 is 0 Å². The van der Waals surface area contributed by atoms with Crippen molar-refractivity contribution >= 4 is 0 Å². The van der Waals surface area contributed by atoms with Crippen molar-refractivity contribution < 1.29 is 13.6 Å². The molecule has 72 valence electrons. The van der Waals surface area contributed by atoms with E-state index < -0.39 is 11.6 Å². The second-order valence-electron chi connectivity index (χ2n) is 2.87. The van der Waals surface area contributed by atoms with Gasteiger partial charge in [-0.2, -0.15) is 0 Å². The molecule has 0 saturated heterocycles. The molecule has 4 heteroatoms. The molecule has 0 radical (unpaired) electrons. The van der Waals surface area contributed by atoms with Crippen LogP contribution in [0.3, 0.4) is 0 Å². The maximum absolute atomic E-state index is 13.1. The lowest BCUT2D eigenvalue weighted by molar-refractivity contribution is 0.125. The number of nitrogens with two attached hydrogens (primary N) is 1. The standard InChI is InChI=1S/C9H11F2NO/c1-6(5-13-12)9-7(10)3-2-4-8(9)11/h2-4,6H,5,12H2,1H3. The van der Waals surface area contributed by atoms with E-state index >= 15 is 0 Å². The normalized spacial score (nSPS) is 12.9. The Balaban J connectivity index is 2.98. The highest BCUT2D eigenvalue weighted by Crippen LogP contribution is 2.21. The highest BCUT2D eigenvalue weighted by molar-refractivity contribution is 5.23. The first-order valence-electron chi connectivity index (χ1n) is 3.92. The molecule has 13 heavy (non-hydrogen) atoms. The third kappa shape index (κ3) is 2.23. The van der Waals surface area contributed by atoms with Crippen molar-refractivity contribution in [3.05, 3.63) is 35.4 Å². The summed E-state index contributed by atoms with van der Waals surface area (Å²) >= 11 is 0. The molecule has 2 N–H and O–H groups in total. The molecule has 0 aliphatic heterocycles. The van der Waals surface area contributed by atoms with Gasteiger partial charge >= 0.3 is 0 Å². The van der Waals surface area contributed by atoms with Crippen LogP contribution in [0.5, 0.6) is 0 Å². The van der Waals surface area contributed by atoms with Crippen LogP contribution in [-0.4, -0.2) is 6.61 Å². The minimum absolute atomic E-state index is 0.0213. The molecule has 2 nitrogen and oxygen atoms in total. The second-order valence-corrected chi connectivity index (χ2v) is 2.87. The Kier molecular flexibility index (Phi) is 3.33. The summed E-state index contributed by atoms with van der Waals surface area (Å²) in [5.41, 5.74) is 0.0213. The minimum Gasteiger partial charge on any atom is -0.304 e. The molecule has 1 unspecified atom stereocenters. The van der Waals surface area contributed by atoms with E-state index in [1.165, 1.54) is 18.2 Å². The van der Waals surface area contributed by atoms with E-state index in [9.17, 15) is 8.78 Å². The number of rotatable bonds is 3. The van der Waals surface area contributed by atoms with Crippen molar-refractivity contribution in [1.29, 1.82) is 0 Å². The summed E-state index contributed by atoms with van der Waals surface area (Å²) in [4.78, 5) is 4.33. The summed E-state index contributed by atoms with van der Waals surface area (Å²) in [6.45, 7) is 1.74. The molecular formula is C9H11F2NO. The van der Waals surface area contributed by atoms with Gasteiger partial charge < -0.3 is 4.84 Å². The van der Waals surface area contributed by atoms with Gasteiger partial charge in [-0.25, -0.2) is 14.7 Å². The first-order valence-corrected chi connectivity index (χ1v) is 3.92. The van der Waals surface area contributed by atoms with Crippen LogP contribution < -0.4 is 5.90 Å². The summed E-state index contributed by atoms with van der Waals surface area (Å²) in [7, 11) is 0. The molecule has 1 aromatic carbocycles. The fourth-order valence-corrected chi connectivity index (χ4v) is 1.21. The van der Waals surface area contributed by atoms with Gasteiger partial charge in [0.15, 0.2) is 0 Å². The summed E-state index contributed by atoms with van der Waals surface area (Å²) in [5.74, 6) is 3.31. The second kappa shape index (κ2) is 4.30. The Bertz CT molecular complexity index is 271. The van der Waals surface area contributed by atoms with Crippen LogP contribution in [-0.2, 0) is 4.84 Å². The van der Waals surface area contributed by atoms with Crippen LogP contribution in [0.25, 0.3) is 0 Å². The van der Waals surface area contributed by atoms with Crippen LogP contribution in [0.15, 0.2) is 18.2 Å². The van der Waals surface area contributed by atoms with Gasteiger partial charge in [0.2, 0.25) is 0 Å². The molecule has 0 aliphatic carbocycles. The van der Waals surface area contributed by atoms with Gasteiger partial charge in [-0.05, 0) is 12.1 Å². The lowest BCUT2D eigenvalue weighted by atomic mass is 10.0. The number of hydrogen-bond acceptors (Lipinski definition) is 2. The van der Waals surface area contributed by atoms with Crippen molar-refractivity contribution in [3.63, 3.8) is 0 Å². The van der Waals surface area contributed by atoms with Gasteiger partial charge in [0.25, 0.3) is 0 Å². The maximum Gasteiger partial charge on any atom is 0.129 e. The first kappa shape index (κ1) is 10.1. The Hall–Kier alpha value is -1.00. The van der Waals surface area contributed by atoms with Gasteiger partial charge in [0, 0.05) is 11.5 Å². The molecular weight excluding hydrogens is 176 g/mol. The van der Waals surface area contributed by atoms with E-state index in [4.69, 9.17) is 5.90 Å². The van der Waals surface area contributed by atoms with E-state index in [2.05, 4.69) is 4.84 Å². The lowest BCUT2D eigenvalue weighted by Gasteiger charge is -2.11. The van der Waals surface area contributed by atoms with Crippen LogP contribution in [0.1, 0.15) is 18.4 Å². The molecule has 1 aromatic rings. The van der Waals surface area contributed by atoms with Gasteiger partial charge in [-0.3, -0.25) is 0 Å². The Morgan fingerprint density at radius 3 is 2.38 bits per heavy atom. The molecule has 0 saturated carbocycles. The zero-order valence-electron chi connectivity index (χ0n) is 7.26. The number of hydrogen-bond donors (Lipinski definition) is 1. The zero-order chi connectivity index (χ0) is 9.84. The van der Waals surface area contributed by atoms with Crippen LogP contribution in [0, 0.1) is 11.6 Å².